The largest absolute Gasteiger partial charge is 0.494 e. The van der Waals surface area contributed by atoms with Gasteiger partial charge in [0.2, 0.25) is 0 Å². The number of nitrogens with zero attached hydrogens (tertiary/aromatic N) is 2. The standard InChI is InChI=1S/C23H38N4O4S/c1-4-25-22(28)26-15-18-14-23(2,3)21(17-26)27(16-18)19-6-8-20(9-7-19)31-11-5-12-32(29,30)13-10-24/h6-9,18,21H,4-5,10-17,24H2,1-3H3,(H,25,28)/t18-,21-/m1/s1. The zero-order valence-electron chi connectivity index (χ0n) is 19.5. The molecule has 3 heterocycles. The average Bonchev–Trinajstić information content (AvgIpc) is 2.99. The monoisotopic (exact) mass is 466 g/mol. The summed E-state index contributed by atoms with van der Waals surface area (Å²) in [7, 11) is -3.09. The minimum atomic E-state index is -3.09. The number of hydrogen-bond donors (Lipinski definition) is 2. The Balaban J connectivity index is 1.63. The van der Waals surface area contributed by atoms with E-state index in [9.17, 15) is 13.2 Å². The highest BCUT2D eigenvalue weighted by molar-refractivity contribution is 7.91. The van der Waals surface area contributed by atoms with E-state index in [1.807, 2.05) is 24.0 Å². The summed E-state index contributed by atoms with van der Waals surface area (Å²) in [6.07, 6.45) is 1.56. The van der Waals surface area contributed by atoms with Gasteiger partial charge in [-0.1, -0.05) is 13.8 Å². The van der Waals surface area contributed by atoms with Gasteiger partial charge < -0.3 is 25.6 Å². The Bertz CT molecular complexity index is 872. The van der Waals surface area contributed by atoms with E-state index in [-0.39, 0.29) is 35.5 Å². The Labute approximate surface area is 192 Å². The minimum Gasteiger partial charge on any atom is -0.494 e. The number of nitrogens with two attached hydrogens (primary N) is 1. The van der Waals surface area contributed by atoms with Crippen molar-refractivity contribution in [3.63, 3.8) is 0 Å². The van der Waals surface area contributed by atoms with Crippen LogP contribution in [0.25, 0.3) is 0 Å². The summed E-state index contributed by atoms with van der Waals surface area (Å²) in [5.41, 5.74) is 6.57. The molecule has 3 saturated heterocycles. The lowest BCUT2D eigenvalue weighted by molar-refractivity contribution is 0.187. The second kappa shape index (κ2) is 10.3. The summed E-state index contributed by atoms with van der Waals surface area (Å²) < 4.78 is 29.2. The predicted molar refractivity (Wildman–Crippen MR) is 128 cm³/mol. The highest BCUT2D eigenvalue weighted by atomic mass is 32.2. The molecule has 0 radical (unpaired) electrons. The van der Waals surface area contributed by atoms with Crippen molar-refractivity contribution in [2.45, 2.75) is 39.7 Å². The van der Waals surface area contributed by atoms with Crippen molar-refractivity contribution in [3.8, 4) is 5.75 Å². The van der Waals surface area contributed by atoms with Crippen LogP contribution in [0, 0.1) is 11.3 Å². The van der Waals surface area contributed by atoms with E-state index in [4.69, 9.17) is 10.5 Å². The van der Waals surface area contributed by atoms with Crippen LogP contribution in [0.5, 0.6) is 5.75 Å². The smallest absolute Gasteiger partial charge is 0.317 e. The van der Waals surface area contributed by atoms with Crippen molar-refractivity contribution in [1.29, 1.82) is 0 Å². The lowest BCUT2D eigenvalue weighted by Gasteiger charge is -2.48. The lowest BCUT2D eigenvalue weighted by atomic mass is 9.73. The van der Waals surface area contributed by atoms with Gasteiger partial charge >= 0.3 is 6.03 Å². The van der Waals surface area contributed by atoms with Crippen LogP contribution in [-0.2, 0) is 9.84 Å². The van der Waals surface area contributed by atoms with Crippen LogP contribution in [0.3, 0.4) is 0 Å². The SMILES string of the molecule is CCNC(=O)N1C[C@@H]2CN(c3ccc(OCCCS(=O)(=O)CCN)cc3)[C@H](C1)C(C)(C)C2. The molecule has 3 fully saturated rings. The van der Waals surface area contributed by atoms with Crippen LogP contribution >= 0.6 is 0 Å². The molecule has 0 spiro atoms. The molecule has 0 aromatic heterocycles. The van der Waals surface area contributed by atoms with E-state index in [1.54, 1.807) is 0 Å². The Morgan fingerprint density at radius 3 is 2.56 bits per heavy atom. The number of fused-ring (bicyclic) bond motifs is 4. The van der Waals surface area contributed by atoms with Crippen molar-refractivity contribution >= 4 is 21.6 Å². The number of benzene rings is 1. The Kier molecular flexibility index (Phi) is 7.92. The number of ether oxygens (including phenoxy) is 1. The second-order valence-corrected chi connectivity index (χ2v) is 11.9. The maximum absolute atomic E-state index is 12.5. The number of sulfone groups is 1. The predicted octanol–water partition coefficient (Wildman–Crippen LogP) is 2.10. The number of carbonyl (C=O) groups excluding carboxylic acids is 1. The third-order valence-corrected chi connectivity index (χ3v) is 8.27. The number of piperidine rings is 1. The fourth-order valence-electron chi connectivity index (χ4n) is 5.03. The number of amides is 2. The summed E-state index contributed by atoms with van der Waals surface area (Å²) in [5.74, 6) is 1.27. The summed E-state index contributed by atoms with van der Waals surface area (Å²) >= 11 is 0. The van der Waals surface area contributed by atoms with Crippen molar-refractivity contribution in [2.24, 2.45) is 17.1 Å². The van der Waals surface area contributed by atoms with E-state index in [2.05, 4.69) is 36.2 Å². The van der Waals surface area contributed by atoms with Crippen molar-refractivity contribution in [2.75, 3.05) is 55.7 Å². The molecule has 3 aliphatic rings. The summed E-state index contributed by atoms with van der Waals surface area (Å²) in [4.78, 5) is 16.9. The number of carbonyl (C=O) groups is 1. The topological polar surface area (TPSA) is 105 Å². The Hall–Kier alpha value is -2.00. The summed E-state index contributed by atoms with van der Waals surface area (Å²) in [6.45, 7) is 10.1. The quantitative estimate of drug-likeness (QED) is 0.540. The van der Waals surface area contributed by atoms with Crippen molar-refractivity contribution in [1.82, 2.24) is 10.2 Å². The highest BCUT2D eigenvalue weighted by Crippen LogP contribution is 2.43. The first kappa shape index (κ1) is 24.6. The summed E-state index contributed by atoms with van der Waals surface area (Å²) in [5, 5.41) is 2.95. The van der Waals surface area contributed by atoms with Gasteiger partial charge in [0.25, 0.3) is 0 Å². The molecule has 9 heteroatoms. The van der Waals surface area contributed by atoms with Crippen LogP contribution in [0.4, 0.5) is 10.5 Å². The van der Waals surface area contributed by atoms with Gasteiger partial charge in [-0.25, -0.2) is 13.2 Å². The fraction of sp³-hybridized carbons (Fsp3) is 0.696. The zero-order chi connectivity index (χ0) is 23.4. The molecule has 1 aromatic carbocycles. The molecule has 2 amide bonds. The molecular formula is C23H38N4O4S. The normalized spacial score (nSPS) is 22.5. The molecule has 32 heavy (non-hydrogen) atoms. The van der Waals surface area contributed by atoms with Crippen LogP contribution in [0.1, 0.15) is 33.6 Å². The van der Waals surface area contributed by atoms with Gasteiger partial charge in [-0.2, -0.15) is 0 Å². The molecule has 2 atom stereocenters. The van der Waals surface area contributed by atoms with Gasteiger partial charge in [-0.05, 0) is 55.4 Å². The van der Waals surface area contributed by atoms with Gasteiger partial charge in [-0.3, -0.25) is 0 Å². The molecule has 8 nitrogen and oxygen atoms in total. The van der Waals surface area contributed by atoms with Gasteiger partial charge in [0, 0.05) is 38.4 Å². The molecule has 2 bridgehead atoms. The van der Waals surface area contributed by atoms with Gasteiger partial charge in [0.1, 0.15) is 5.75 Å². The number of rotatable bonds is 9. The van der Waals surface area contributed by atoms with E-state index >= 15 is 0 Å². The second-order valence-electron chi connectivity index (χ2n) is 9.60. The van der Waals surface area contributed by atoms with Crippen LogP contribution in [0.15, 0.2) is 24.3 Å². The van der Waals surface area contributed by atoms with Crippen LogP contribution in [-0.4, -0.2) is 76.2 Å². The van der Waals surface area contributed by atoms with Crippen molar-refractivity contribution < 1.29 is 17.9 Å². The number of hydrogen-bond acceptors (Lipinski definition) is 6. The van der Waals surface area contributed by atoms with Crippen LogP contribution in [0.2, 0.25) is 0 Å². The molecular weight excluding hydrogens is 428 g/mol. The van der Waals surface area contributed by atoms with Crippen molar-refractivity contribution in [3.05, 3.63) is 24.3 Å². The molecule has 4 rings (SSSR count). The maximum Gasteiger partial charge on any atom is 0.317 e. The average molecular weight is 467 g/mol. The number of anilines is 1. The first-order chi connectivity index (χ1) is 15.1. The maximum atomic E-state index is 12.5. The molecule has 0 aliphatic carbocycles. The molecule has 180 valence electrons. The third kappa shape index (κ3) is 6.07. The lowest BCUT2D eigenvalue weighted by Crippen LogP contribution is -2.54. The summed E-state index contributed by atoms with van der Waals surface area (Å²) in [6, 6.07) is 8.28. The molecule has 0 unspecified atom stereocenters. The number of urea groups is 1. The molecule has 0 saturated carbocycles. The van der Waals surface area contributed by atoms with Gasteiger partial charge in [-0.15, -0.1) is 0 Å². The van der Waals surface area contributed by atoms with E-state index in [0.29, 0.717) is 32.0 Å². The van der Waals surface area contributed by atoms with Gasteiger partial charge in [0.15, 0.2) is 9.84 Å². The zero-order valence-corrected chi connectivity index (χ0v) is 20.4. The van der Waals surface area contributed by atoms with E-state index < -0.39 is 9.84 Å². The molecule has 1 aromatic rings. The minimum absolute atomic E-state index is 0.0214. The van der Waals surface area contributed by atoms with Crippen LogP contribution < -0.4 is 20.7 Å². The Morgan fingerprint density at radius 1 is 1.19 bits per heavy atom. The number of nitrogens with one attached hydrogen (secondary N) is 1. The van der Waals surface area contributed by atoms with E-state index in [0.717, 1.165) is 30.9 Å². The third-order valence-electron chi connectivity index (χ3n) is 6.50. The van der Waals surface area contributed by atoms with E-state index in [1.165, 1.54) is 0 Å². The van der Waals surface area contributed by atoms with Gasteiger partial charge in [0.05, 0.1) is 24.2 Å². The Morgan fingerprint density at radius 2 is 1.91 bits per heavy atom. The fourth-order valence-corrected chi connectivity index (χ4v) is 6.15. The molecule has 3 N–H and O–H groups in total. The first-order valence-corrected chi connectivity index (χ1v) is 13.4. The first-order valence-electron chi connectivity index (χ1n) is 11.6. The molecule has 3 aliphatic heterocycles. The highest BCUT2D eigenvalue weighted by Gasteiger charge is 2.46.